The first-order valence-electron chi connectivity index (χ1n) is 7.11. The molecule has 2 aromatic heterocycles. The average molecular weight is 295 g/mol. The van der Waals surface area contributed by atoms with Gasteiger partial charge < -0.3 is 10.1 Å². The van der Waals surface area contributed by atoms with Gasteiger partial charge in [-0.3, -0.25) is 4.68 Å². The zero-order chi connectivity index (χ0) is 15.7. The van der Waals surface area contributed by atoms with Crippen LogP contribution in [-0.2, 0) is 4.79 Å². The number of carbonyl (C=O) groups is 1. The van der Waals surface area contributed by atoms with Crippen LogP contribution in [0.3, 0.4) is 0 Å². The van der Waals surface area contributed by atoms with E-state index in [1.807, 2.05) is 35.3 Å². The Morgan fingerprint density at radius 1 is 1.36 bits per heavy atom. The van der Waals surface area contributed by atoms with Crippen molar-refractivity contribution in [1.82, 2.24) is 14.8 Å². The van der Waals surface area contributed by atoms with Crippen molar-refractivity contribution in [3.63, 3.8) is 0 Å². The molecule has 112 valence electrons. The van der Waals surface area contributed by atoms with Crippen molar-refractivity contribution in [2.24, 2.45) is 0 Å². The Labute approximate surface area is 127 Å². The molecule has 3 rings (SSSR count). The zero-order valence-electron chi connectivity index (χ0n) is 12.4. The van der Waals surface area contributed by atoms with E-state index in [2.05, 4.69) is 30.0 Å². The van der Waals surface area contributed by atoms with Crippen molar-refractivity contribution in [1.29, 1.82) is 0 Å². The van der Waals surface area contributed by atoms with E-state index in [4.69, 9.17) is 5.11 Å². The summed E-state index contributed by atoms with van der Waals surface area (Å²) in [6.45, 7) is 4.17. The second kappa shape index (κ2) is 5.52. The molecule has 0 amide bonds. The van der Waals surface area contributed by atoms with E-state index < -0.39 is 5.97 Å². The van der Waals surface area contributed by atoms with E-state index in [1.165, 1.54) is 0 Å². The number of nitrogens with one attached hydrogen (secondary N) is 1. The molecule has 1 aromatic carbocycles. The third-order valence-electron chi connectivity index (χ3n) is 3.50. The van der Waals surface area contributed by atoms with Gasteiger partial charge in [0.25, 0.3) is 0 Å². The Morgan fingerprint density at radius 2 is 2.18 bits per heavy atom. The summed E-state index contributed by atoms with van der Waals surface area (Å²) in [5.41, 5.74) is 3.91. The van der Waals surface area contributed by atoms with E-state index in [-0.39, 0.29) is 0 Å². The fraction of sp³-hybridized carbons (Fsp3) is 0.176. The first-order valence-corrected chi connectivity index (χ1v) is 7.11. The lowest BCUT2D eigenvalue weighted by Crippen LogP contribution is -1.99. The molecule has 0 aliphatic rings. The van der Waals surface area contributed by atoms with Crippen LogP contribution in [0.25, 0.3) is 28.2 Å². The molecule has 0 saturated carbocycles. The summed E-state index contributed by atoms with van der Waals surface area (Å²) in [6.07, 6.45) is 6.59. The van der Waals surface area contributed by atoms with Crippen LogP contribution < -0.4 is 0 Å². The van der Waals surface area contributed by atoms with Crippen LogP contribution in [0.15, 0.2) is 42.7 Å². The van der Waals surface area contributed by atoms with Crippen molar-refractivity contribution in [2.45, 2.75) is 19.9 Å². The summed E-state index contributed by atoms with van der Waals surface area (Å²) in [5, 5.41) is 14.1. The molecule has 2 heterocycles. The van der Waals surface area contributed by atoms with Crippen LogP contribution in [0, 0.1) is 0 Å². The Balaban J connectivity index is 1.96. The van der Waals surface area contributed by atoms with Gasteiger partial charge in [-0.1, -0.05) is 6.07 Å². The minimum absolute atomic E-state index is 0.325. The van der Waals surface area contributed by atoms with Crippen LogP contribution in [0.1, 0.15) is 25.5 Å². The number of benzene rings is 1. The molecule has 0 radical (unpaired) electrons. The molecule has 0 atom stereocenters. The number of hydrogen-bond acceptors (Lipinski definition) is 2. The van der Waals surface area contributed by atoms with Crippen LogP contribution in [0.4, 0.5) is 0 Å². The third kappa shape index (κ3) is 2.79. The SMILES string of the molecule is CC(C)n1cc(-c2cc3cc(/C=C/C(=O)O)ccc3[nH]2)cn1. The number of carboxylic acids is 1. The first kappa shape index (κ1) is 14.1. The maximum absolute atomic E-state index is 10.6. The zero-order valence-corrected chi connectivity index (χ0v) is 12.4. The van der Waals surface area contributed by atoms with Crippen molar-refractivity contribution >= 4 is 22.9 Å². The molecule has 0 fully saturated rings. The van der Waals surface area contributed by atoms with Crippen LogP contribution >= 0.6 is 0 Å². The lowest BCUT2D eigenvalue weighted by Gasteiger charge is -2.02. The van der Waals surface area contributed by atoms with E-state index in [9.17, 15) is 4.79 Å². The van der Waals surface area contributed by atoms with Crippen molar-refractivity contribution in [2.75, 3.05) is 0 Å². The predicted molar refractivity (Wildman–Crippen MR) is 86.6 cm³/mol. The van der Waals surface area contributed by atoms with Crippen LogP contribution in [0.2, 0.25) is 0 Å². The van der Waals surface area contributed by atoms with Crippen molar-refractivity contribution < 1.29 is 9.90 Å². The molecule has 5 nitrogen and oxygen atoms in total. The van der Waals surface area contributed by atoms with Gasteiger partial charge in [0.15, 0.2) is 0 Å². The van der Waals surface area contributed by atoms with Crippen molar-refractivity contribution in [3.05, 3.63) is 48.3 Å². The predicted octanol–water partition coefficient (Wildman–Crippen LogP) is 3.71. The van der Waals surface area contributed by atoms with E-state index in [0.29, 0.717) is 6.04 Å². The summed E-state index contributed by atoms with van der Waals surface area (Å²) < 4.78 is 1.92. The van der Waals surface area contributed by atoms with Gasteiger partial charge in [-0.15, -0.1) is 0 Å². The Kier molecular flexibility index (Phi) is 3.55. The number of fused-ring (bicyclic) bond motifs is 1. The van der Waals surface area contributed by atoms with Gasteiger partial charge in [0, 0.05) is 40.5 Å². The van der Waals surface area contributed by atoms with Gasteiger partial charge in [0.2, 0.25) is 0 Å². The first-order chi connectivity index (χ1) is 10.5. The summed E-state index contributed by atoms with van der Waals surface area (Å²) >= 11 is 0. The molecule has 0 spiro atoms. The second-order valence-corrected chi connectivity index (χ2v) is 5.50. The van der Waals surface area contributed by atoms with Gasteiger partial charge in [-0.25, -0.2) is 4.79 Å². The fourth-order valence-electron chi connectivity index (χ4n) is 2.34. The normalized spacial score (nSPS) is 11.8. The highest BCUT2D eigenvalue weighted by atomic mass is 16.4. The molecule has 2 N–H and O–H groups in total. The number of nitrogens with zero attached hydrogens (tertiary/aromatic N) is 2. The standard InChI is InChI=1S/C17H17N3O2/c1-11(2)20-10-14(9-18-20)16-8-13-7-12(4-6-17(21)22)3-5-15(13)19-16/h3-11,19H,1-2H3,(H,21,22)/b6-4+. The Morgan fingerprint density at radius 3 is 2.86 bits per heavy atom. The molecule has 3 aromatic rings. The maximum Gasteiger partial charge on any atom is 0.328 e. The van der Waals surface area contributed by atoms with Gasteiger partial charge in [0.1, 0.15) is 0 Å². The van der Waals surface area contributed by atoms with Crippen LogP contribution in [-0.4, -0.2) is 25.8 Å². The molecule has 0 saturated heterocycles. The molecule has 0 bridgehead atoms. The number of carboxylic acid groups (broad SMARTS) is 1. The Hall–Kier alpha value is -2.82. The van der Waals surface area contributed by atoms with E-state index in [0.717, 1.165) is 33.8 Å². The number of hydrogen-bond donors (Lipinski definition) is 2. The minimum Gasteiger partial charge on any atom is -0.478 e. The summed E-state index contributed by atoms with van der Waals surface area (Å²) in [4.78, 5) is 13.9. The quantitative estimate of drug-likeness (QED) is 0.721. The smallest absolute Gasteiger partial charge is 0.328 e. The molecule has 5 heteroatoms. The molecular weight excluding hydrogens is 278 g/mol. The minimum atomic E-state index is -0.948. The average Bonchev–Trinajstić information content (AvgIpc) is 3.10. The molecule has 22 heavy (non-hydrogen) atoms. The molecule has 0 aliphatic heterocycles. The van der Waals surface area contributed by atoms with Gasteiger partial charge in [0.05, 0.1) is 6.20 Å². The Bertz CT molecular complexity index is 856. The van der Waals surface area contributed by atoms with E-state index >= 15 is 0 Å². The van der Waals surface area contributed by atoms with Gasteiger partial charge in [-0.2, -0.15) is 5.10 Å². The maximum atomic E-state index is 10.6. The van der Waals surface area contributed by atoms with Crippen molar-refractivity contribution in [3.8, 4) is 11.3 Å². The largest absolute Gasteiger partial charge is 0.478 e. The summed E-state index contributed by atoms with van der Waals surface area (Å²) in [6, 6.07) is 8.18. The number of H-pyrrole nitrogens is 1. The number of aliphatic carboxylic acids is 1. The number of rotatable bonds is 4. The van der Waals surface area contributed by atoms with Crippen LogP contribution in [0.5, 0.6) is 0 Å². The highest BCUT2D eigenvalue weighted by molar-refractivity contribution is 5.90. The van der Waals surface area contributed by atoms with Gasteiger partial charge >= 0.3 is 5.97 Å². The molecule has 0 unspecified atom stereocenters. The molecular formula is C17H17N3O2. The number of aromatic nitrogens is 3. The number of aromatic amines is 1. The van der Waals surface area contributed by atoms with E-state index in [1.54, 1.807) is 6.08 Å². The monoisotopic (exact) mass is 295 g/mol. The lowest BCUT2D eigenvalue weighted by molar-refractivity contribution is -0.131. The highest BCUT2D eigenvalue weighted by Gasteiger charge is 2.07. The topological polar surface area (TPSA) is 70.9 Å². The highest BCUT2D eigenvalue weighted by Crippen LogP contribution is 2.25. The summed E-state index contributed by atoms with van der Waals surface area (Å²) in [7, 11) is 0. The second-order valence-electron chi connectivity index (χ2n) is 5.50. The van der Waals surface area contributed by atoms with Gasteiger partial charge in [-0.05, 0) is 43.7 Å². The molecule has 0 aliphatic carbocycles. The third-order valence-corrected chi connectivity index (χ3v) is 3.50. The lowest BCUT2D eigenvalue weighted by atomic mass is 10.1. The summed E-state index contributed by atoms with van der Waals surface area (Å²) in [5.74, 6) is -0.948. The fourth-order valence-corrected chi connectivity index (χ4v) is 2.34.